The highest BCUT2D eigenvalue weighted by atomic mass is 32.2. The second-order valence-corrected chi connectivity index (χ2v) is 7.68. The number of rotatable bonds is 14. The van der Waals surface area contributed by atoms with Crippen molar-refractivity contribution in [2.24, 2.45) is 0 Å². The van der Waals surface area contributed by atoms with Gasteiger partial charge in [-0.25, -0.2) is 9.59 Å². The summed E-state index contributed by atoms with van der Waals surface area (Å²) in [5, 5.41) is 2.61. The highest BCUT2D eigenvalue weighted by molar-refractivity contribution is 7.99. The Balaban J connectivity index is 2.22. The smallest absolute Gasteiger partial charge is 0.408 e. The first-order chi connectivity index (χ1) is 13.2. The highest BCUT2D eigenvalue weighted by Gasteiger charge is 2.21. The number of amides is 1. The van der Waals surface area contributed by atoms with E-state index in [1.165, 1.54) is 45.6 Å². The van der Waals surface area contributed by atoms with Crippen LogP contribution in [0.25, 0.3) is 0 Å². The van der Waals surface area contributed by atoms with Gasteiger partial charge in [-0.05, 0) is 29.9 Å². The predicted octanol–water partition coefficient (Wildman–Crippen LogP) is 4.94. The summed E-state index contributed by atoms with van der Waals surface area (Å²) in [4.78, 5) is 23.8. The van der Waals surface area contributed by atoms with Gasteiger partial charge in [-0.15, -0.1) is 0 Å². The standard InChI is InChI=1S/C21H33NO4S/c1-3-4-5-6-7-11-15-27-16-14-19(20(23)25-2)22-21(24)26-17-18-12-9-8-10-13-18/h8-10,12-13,19H,3-7,11,14-17H2,1-2H3,(H,22,24)/t19-/m0/s1. The molecule has 5 nitrogen and oxygen atoms in total. The van der Waals surface area contributed by atoms with E-state index < -0.39 is 18.1 Å². The average molecular weight is 396 g/mol. The molecule has 0 aliphatic carbocycles. The van der Waals surface area contributed by atoms with E-state index in [0.29, 0.717) is 6.42 Å². The van der Waals surface area contributed by atoms with Gasteiger partial charge in [0.15, 0.2) is 0 Å². The maximum Gasteiger partial charge on any atom is 0.408 e. The van der Waals surface area contributed by atoms with Gasteiger partial charge in [-0.3, -0.25) is 0 Å². The third-order valence-corrected chi connectivity index (χ3v) is 5.29. The lowest BCUT2D eigenvalue weighted by molar-refractivity contribution is -0.143. The van der Waals surface area contributed by atoms with Crippen LogP contribution in [0, 0.1) is 0 Å². The lowest BCUT2D eigenvalue weighted by Gasteiger charge is -2.16. The molecular weight excluding hydrogens is 362 g/mol. The number of unbranched alkanes of at least 4 members (excludes halogenated alkanes) is 5. The van der Waals surface area contributed by atoms with Gasteiger partial charge in [-0.1, -0.05) is 69.4 Å². The fraction of sp³-hybridized carbons (Fsp3) is 0.619. The monoisotopic (exact) mass is 395 g/mol. The Hall–Kier alpha value is -1.69. The fourth-order valence-electron chi connectivity index (χ4n) is 2.59. The first-order valence-electron chi connectivity index (χ1n) is 9.80. The van der Waals surface area contributed by atoms with Crippen molar-refractivity contribution in [2.45, 2.75) is 64.5 Å². The Morgan fingerprint density at radius 3 is 2.44 bits per heavy atom. The summed E-state index contributed by atoms with van der Waals surface area (Å²) in [6.07, 6.45) is 7.60. The second kappa shape index (κ2) is 15.4. The minimum absolute atomic E-state index is 0.174. The van der Waals surface area contributed by atoms with Crippen LogP contribution in [0.5, 0.6) is 0 Å². The SMILES string of the molecule is CCCCCCCCSCC[C@H](NC(=O)OCc1ccccc1)C(=O)OC. The zero-order valence-corrected chi connectivity index (χ0v) is 17.4. The average Bonchev–Trinajstić information content (AvgIpc) is 2.70. The molecule has 1 rings (SSSR count). The number of hydrogen-bond acceptors (Lipinski definition) is 5. The maximum absolute atomic E-state index is 12.0. The first-order valence-corrected chi connectivity index (χ1v) is 11.0. The largest absolute Gasteiger partial charge is 0.467 e. The van der Waals surface area contributed by atoms with Crippen molar-refractivity contribution in [1.29, 1.82) is 0 Å². The summed E-state index contributed by atoms with van der Waals surface area (Å²) in [6.45, 7) is 2.40. The van der Waals surface area contributed by atoms with E-state index in [4.69, 9.17) is 9.47 Å². The Morgan fingerprint density at radius 1 is 1.04 bits per heavy atom. The number of carbonyl (C=O) groups is 2. The van der Waals surface area contributed by atoms with Gasteiger partial charge < -0.3 is 14.8 Å². The van der Waals surface area contributed by atoms with Gasteiger partial charge in [0.25, 0.3) is 0 Å². The van der Waals surface area contributed by atoms with Gasteiger partial charge in [0.2, 0.25) is 0 Å². The van der Waals surface area contributed by atoms with Gasteiger partial charge in [0.05, 0.1) is 7.11 Å². The van der Waals surface area contributed by atoms with E-state index in [0.717, 1.165) is 17.1 Å². The molecule has 1 amide bonds. The molecule has 0 unspecified atom stereocenters. The quantitative estimate of drug-likeness (QED) is 0.357. The van der Waals surface area contributed by atoms with E-state index in [9.17, 15) is 9.59 Å². The Labute approximate surface area is 167 Å². The molecule has 152 valence electrons. The topological polar surface area (TPSA) is 64.6 Å². The zero-order chi connectivity index (χ0) is 19.7. The zero-order valence-electron chi connectivity index (χ0n) is 16.6. The lowest BCUT2D eigenvalue weighted by atomic mass is 10.1. The summed E-state index contributed by atoms with van der Waals surface area (Å²) in [5.74, 6) is 1.44. The molecule has 0 spiro atoms. The number of alkyl carbamates (subject to hydrolysis) is 1. The molecular formula is C21H33NO4S. The van der Waals surface area contributed by atoms with Crippen LogP contribution in [-0.4, -0.2) is 36.7 Å². The van der Waals surface area contributed by atoms with E-state index >= 15 is 0 Å². The van der Waals surface area contributed by atoms with Crippen LogP contribution in [0.3, 0.4) is 0 Å². The molecule has 6 heteroatoms. The molecule has 1 atom stereocenters. The Bertz CT molecular complexity index is 524. The van der Waals surface area contributed by atoms with Gasteiger partial charge in [0, 0.05) is 0 Å². The lowest BCUT2D eigenvalue weighted by Crippen LogP contribution is -2.42. The summed E-state index contributed by atoms with van der Waals surface area (Å²) in [6, 6.07) is 8.76. The van der Waals surface area contributed by atoms with Crippen LogP contribution in [0.2, 0.25) is 0 Å². The van der Waals surface area contributed by atoms with Crippen LogP contribution >= 0.6 is 11.8 Å². The van der Waals surface area contributed by atoms with E-state index in [-0.39, 0.29) is 6.61 Å². The van der Waals surface area contributed by atoms with Crippen molar-refractivity contribution in [3.05, 3.63) is 35.9 Å². The van der Waals surface area contributed by atoms with Gasteiger partial charge in [0.1, 0.15) is 12.6 Å². The number of esters is 1. The van der Waals surface area contributed by atoms with Crippen molar-refractivity contribution in [3.63, 3.8) is 0 Å². The van der Waals surface area contributed by atoms with E-state index in [1.807, 2.05) is 42.1 Å². The molecule has 0 radical (unpaired) electrons. The third kappa shape index (κ3) is 11.6. The molecule has 0 bridgehead atoms. The number of nitrogens with one attached hydrogen (secondary N) is 1. The third-order valence-electron chi connectivity index (χ3n) is 4.18. The van der Waals surface area contributed by atoms with Crippen LogP contribution in [0.4, 0.5) is 4.79 Å². The molecule has 1 N–H and O–H groups in total. The van der Waals surface area contributed by atoms with Crippen LogP contribution < -0.4 is 5.32 Å². The van der Waals surface area contributed by atoms with Crippen molar-refractivity contribution in [3.8, 4) is 0 Å². The first kappa shape index (κ1) is 23.3. The molecule has 1 aromatic rings. The molecule has 27 heavy (non-hydrogen) atoms. The summed E-state index contributed by atoms with van der Waals surface area (Å²) in [7, 11) is 1.33. The van der Waals surface area contributed by atoms with Crippen molar-refractivity contribution >= 4 is 23.8 Å². The second-order valence-electron chi connectivity index (χ2n) is 6.45. The van der Waals surface area contributed by atoms with Crippen molar-refractivity contribution in [2.75, 3.05) is 18.6 Å². The summed E-state index contributed by atoms with van der Waals surface area (Å²) in [5.41, 5.74) is 0.900. The normalized spacial score (nSPS) is 11.6. The number of thioether (sulfide) groups is 1. The van der Waals surface area contributed by atoms with E-state index in [1.54, 1.807) is 0 Å². The van der Waals surface area contributed by atoms with Crippen LogP contribution in [0.15, 0.2) is 30.3 Å². The maximum atomic E-state index is 12.0. The molecule has 0 aromatic heterocycles. The Kier molecular flexibility index (Phi) is 13.3. The summed E-state index contributed by atoms with van der Waals surface area (Å²) >= 11 is 1.81. The molecule has 0 fully saturated rings. The number of methoxy groups -OCH3 is 1. The predicted molar refractivity (Wildman–Crippen MR) is 111 cm³/mol. The number of hydrogen-bond donors (Lipinski definition) is 1. The van der Waals surface area contributed by atoms with Crippen LogP contribution in [0.1, 0.15) is 57.4 Å². The van der Waals surface area contributed by atoms with Crippen LogP contribution in [-0.2, 0) is 20.9 Å². The highest BCUT2D eigenvalue weighted by Crippen LogP contribution is 2.12. The van der Waals surface area contributed by atoms with Crippen molar-refractivity contribution in [1.82, 2.24) is 5.32 Å². The molecule has 0 saturated carbocycles. The van der Waals surface area contributed by atoms with E-state index in [2.05, 4.69) is 12.2 Å². The van der Waals surface area contributed by atoms with Gasteiger partial charge >= 0.3 is 12.1 Å². The Morgan fingerprint density at radius 2 is 1.74 bits per heavy atom. The molecule has 0 aliphatic rings. The number of benzene rings is 1. The molecule has 1 aromatic carbocycles. The fourth-order valence-corrected chi connectivity index (χ4v) is 3.60. The minimum atomic E-state index is -0.671. The van der Waals surface area contributed by atoms with Gasteiger partial charge in [-0.2, -0.15) is 11.8 Å². The number of ether oxygens (including phenoxy) is 2. The molecule has 0 saturated heterocycles. The number of carbonyl (C=O) groups excluding carboxylic acids is 2. The summed E-state index contributed by atoms with van der Waals surface area (Å²) < 4.78 is 9.97. The molecule has 0 heterocycles. The van der Waals surface area contributed by atoms with Crippen molar-refractivity contribution < 1.29 is 19.1 Å². The molecule has 0 aliphatic heterocycles. The minimum Gasteiger partial charge on any atom is -0.467 e.